The van der Waals surface area contributed by atoms with E-state index in [4.69, 9.17) is 5.73 Å². The van der Waals surface area contributed by atoms with E-state index in [1.54, 1.807) is 0 Å². The second kappa shape index (κ2) is 5.87. The van der Waals surface area contributed by atoms with Crippen molar-refractivity contribution in [3.05, 3.63) is 29.8 Å². The lowest BCUT2D eigenvalue weighted by molar-refractivity contribution is 0.0992. The summed E-state index contributed by atoms with van der Waals surface area (Å²) in [6.07, 6.45) is -0.442. The van der Waals surface area contributed by atoms with E-state index in [0.717, 1.165) is 17.8 Å². The number of rotatable bonds is 5. The standard InChI is InChI=1S/C13H22N2O/c1-4-15(10(2)3)9-13(16)11-5-7-12(14)8-6-11/h5-8,10,13,16H,4,9,14H2,1-3H3. The molecule has 0 bridgehead atoms. The Bertz CT molecular complexity index is 308. The SMILES string of the molecule is CCN(CC(O)c1ccc(N)cc1)C(C)C. The molecule has 0 aliphatic carbocycles. The van der Waals surface area contributed by atoms with Gasteiger partial charge in [-0.3, -0.25) is 4.90 Å². The molecule has 1 rings (SSSR count). The fourth-order valence-electron chi connectivity index (χ4n) is 1.75. The third kappa shape index (κ3) is 3.51. The molecule has 16 heavy (non-hydrogen) atoms. The van der Waals surface area contributed by atoms with E-state index < -0.39 is 6.10 Å². The molecule has 0 saturated carbocycles. The molecule has 3 N–H and O–H groups in total. The molecule has 0 amide bonds. The van der Waals surface area contributed by atoms with Gasteiger partial charge in [-0.05, 0) is 38.1 Å². The van der Waals surface area contributed by atoms with Crippen molar-refractivity contribution in [3.8, 4) is 0 Å². The van der Waals surface area contributed by atoms with Crippen LogP contribution in [0.5, 0.6) is 0 Å². The third-order valence-electron chi connectivity index (χ3n) is 2.87. The van der Waals surface area contributed by atoms with Crippen LogP contribution in [0.4, 0.5) is 5.69 Å². The summed E-state index contributed by atoms with van der Waals surface area (Å²) in [6, 6.07) is 7.87. The van der Waals surface area contributed by atoms with Crippen LogP contribution in [0.1, 0.15) is 32.4 Å². The van der Waals surface area contributed by atoms with Crippen molar-refractivity contribution in [2.75, 3.05) is 18.8 Å². The Morgan fingerprint density at radius 3 is 2.25 bits per heavy atom. The number of nitrogens with zero attached hydrogens (tertiary/aromatic N) is 1. The van der Waals surface area contributed by atoms with Crippen molar-refractivity contribution in [2.45, 2.75) is 32.9 Å². The van der Waals surface area contributed by atoms with Crippen LogP contribution in [0, 0.1) is 0 Å². The summed E-state index contributed by atoms with van der Waals surface area (Å²) in [5.41, 5.74) is 7.26. The predicted molar refractivity (Wildman–Crippen MR) is 68.2 cm³/mol. The lowest BCUT2D eigenvalue weighted by Crippen LogP contribution is -2.34. The monoisotopic (exact) mass is 222 g/mol. The van der Waals surface area contributed by atoms with Gasteiger partial charge in [-0.25, -0.2) is 0 Å². The lowest BCUT2D eigenvalue weighted by Gasteiger charge is -2.27. The number of hydrogen-bond acceptors (Lipinski definition) is 3. The van der Waals surface area contributed by atoms with Crippen LogP contribution in [0.3, 0.4) is 0 Å². The molecule has 0 heterocycles. The van der Waals surface area contributed by atoms with Gasteiger partial charge in [0.25, 0.3) is 0 Å². The van der Waals surface area contributed by atoms with E-state index in [0.29, 0.717) is 12.6 Å². The summed E-state index contributed by atoms with van der Waals surface area (Å²) in [5, 5.41) is 10.1. The maximum Gasteiger partial charge on any atom is 0.0917 e. The van der Waals surface area contributed by atoms with Crippen LogP contribution in [-0.2, 0) is 0 Å². The molecule has 1 atom stereocenters. The molecule has 0 saturated heterocycles. The minimum absolute atomic E-state index is 0.442. The number of nitrogens with two attached hydrogens (primary N) is 1. The smallest absolute Gasteiger partial charge is 0.0917 e. The summed E-state index contributed by atoms with van der Waals surface area (Å²) in [5.74, 6) is 0. The highest BCUT2D eigenvalue weighted by atomic mass is 16.3. The van der Waals surface area contributed by atoms with Gasteiger partial charge >= 0.3 is 0 Å². The Labute approximate surface area is 97.9 Å². The van der Waals surface area contributed by atoms with E-state index in [-0.39, 0.29) is 0 Å². The van der Waals surface area contributed by atoms with E-state index in [1.165, 1.54) is 0 Å². The predicted octanol–water partition coefficient (Wildman–Crippen LogP) is 2.03. The minimum Gasteiger partial charge on any atom is -0.399 e. The highest BCUT2D eigenvalue weighted by molar-refractivity contribution is 5.39. The maximum absolute atomic E-state index is 10.1. The van der Waals surface area contributed by atoms with Gasteiger partial charge in [0, 0.05) is 18.3 Å². The summed E-state index contributed by atoms with van der Waals surface area (Å²) < 4.78 is 0. The summed E-state index contributed by atoms with van der Waals surface area (Å²) in [7, 11) is 0. The molecular weight excluding hydrogens is 200 g/mol. The highest BCUT2D eigenvalue weighted by Crippen LogP contribution is 2.16. The zero-order chi connectivity index (χ0) is 12.1. The molecule has 1 aromatic rings. The van der Waals surface area contributed by atoms with Crippen molar-refractivity contribution in [1.82, 2.24) is 4.90 Å². The van der Waals surface area contributed by atoms with E-state index in [2.05, 4.69) is 25.7 Å². The zero-order valence-corrected chi connectivity index (χ0v) is 10.4. The molecule has 90 valence electrons. The fourth-order valence-corrected chi connectivity index (χ4v) is 1.75. The number of benzene rings is 1. The number of nitrogen functional groups attached to an aromatic ring is 1. The average Bonchev–Trinajstić information content (AvgIpc) is 2.26. The first kappa shape index (κ1) is 13.0. The molecule has 0 aromatic heterocycles. The third-order valence-corrected chi connectivity index (χ3v) is 2.87. The molecule has 3 nitrogen and oxygen atoms in total. The molecular formula is C13H22N2O. The van der Waals surface area contributed by atoms with Gasteiger partial charge in [-0.2, -0.15) is 0 Å². The molecule has 0 aliphatic heterocycles. The topological polar surface area (TPSA) is 49.5 Å². The van der Waals surface area contributed by atoms with Gasteiger partial charge in [0.15, 0.2) is 0 Å². The Hall–Kier alpha value is -1.06. The molecule has 0 spiro atoms. The van der Waals surface area contributed by atoms with Crippen molar-refractivity contribution in [3.63, 3.8) is 0 Å². The molecule has 0 fully saturated rings. The highest BCUT2D eigenvalue weighted by Gasteiger charge is 2.14. The second-order valence-corrected chi connectivity index (χ2v) is 4.36. The largest absolute Gasteiger partial charge is 0.399 e. The average molecular weight is 222 g/mol. The summed E-state index contributed by atoms with van der Waals surface area (Å²) in [6.45, 7) is 8.00. The van der Waals surface area contributed by atoms with Crippen molar-refractivity contribution in [2.24, 2.45) is 0 Å². The number of likely N-dealkylation sites (N-methyl/N-ethyl adjacent to an activating group) is 1. The van der Waals surface area contributed by atoms with Crippen LogP contribution in [-0.4, -0.2) is 29.1 Å². The first-order valence-corrected chi connectivity index (χ1v) is 5.82. The second-order valence-electron chi connectivity index (χ2n) is 4.36. The lowest BCUT2D eigenvalue weighted by atomic mass is 10.1. The van der Waals surface area contributed by atoms with E-state index in [1.807, 2.05) is 24.3 Å². The van der Waals surface area contributed by atoms with Crippen molar-refractivity contribution >= 4 is 5.69 Å². The summed E-state index contributed by atoms with van der Waals surface area (Å²) >= 11 is 0. The molecule has 0 aliphatic rings. The van der Waals surface area contributed by atoms with E-state index in [9.17, 15) is 5.11 Å². The molecule has 0 radical (unpaired) electrons. The number of aliphatic hydroxyl groups is 1. The Morgan fingerprint density at radius 1 is 1.25 bits per heavy atom. The first-order valence-electron chi connectivity index (χ1n) is 5.82. The number of aliphatic hydroxyl groups excluding tert-OH is 1. The van der Waals surface area contributed by atoms with Gasteiger partial charge < -0.3 is 10.8 Å². The van der Waals surface area contributed by atoms with Gasteiger partial charge in [-0.15, -0.1) is 0 Å². The Morgan fingerprint density at radius 2 is 1.81 bits per heavy atom. The molecule has 3 heteroatoms. The van der Waals surface area contributed by atoms with Crippen molar-refractivity contribution < 1.29 is 5.11 Å². The molecule has 1 unspecified atom stereocenters. The maximum atomic E-state index is 10.1. The van der Waals surface area contributed by atoms with Crippen LogP contribution in [0.15, 0.2) is 24.3 Å². The van der Waals surface area contributed by atoms with Crippen molar-refractivity contribution in [1.29, 1.82) is 0 Å². The van der Waals surface area contributed by atoms with Crippen LogP contribution >= 0.6 is 0 Å². The fraction of sp³-hybridized carbons (Fsp3) is 0.538. The summed E-state index contributed by atoms with van der Waals surface area (Å²) in [4.78, 5) is 2.24. The van der Waals surface area contributed by atoms with Gasteiger partial charge in [0.1, 0.15) is 0 Å². The Balaban J connectivity index is 2.64. The van der Waals surface area contributed by atoms with Crippen LogP contribution < -0.4 is 5.73 Å². The quantitative estimate of drug-likeness (QED) is 0.749. The first-order chi connectivity index (χ1) is 7.54. The van der Waals surface area contributed by atoms with Crippen LogP contribution in [0.2, 0.25) is 0 Å². The molecule has 1 aromatic carbocycles. The van der Waals surface area contributed by atoms with Crippen LogP contribution in [0.25, 0.3) is 0 Å². The van der Waals surface area contributed by atoms with Gasteiger partial charge in [0.2, 0.25) is 0 Å². The number of hydrogen-bond donors (Lipinski definition) is 2. The normalized spacial score (nSPS) is 13.4. The van der Waals surface area contributed by atoms with E-state index >= 15 is 0 Å². The van der Waals surface area contributed by atoms with Gasteiger partial charge in [0.05, 0.1) is 6.10 Å². The minimum atomic E-state index is -0.442. The van der Waals surface area contributed by atoms with Gasteiger partial charge in [-0.1, -0.05) is 19.1 Å². The number of anilines is 1. The Kier molecular flexibility index (Phi) is 4.77. The zero-order valence-electron chi connectivity index (χ0n) is 10.4.